The first-order valence-corrected chi connectivity index (χ1v) is 16.6. The molecule has 250 valence electrons. The molecule has 1 aliphatic carbocycles. The lowest BCUT2D eigenvalue weighted by Crippen LogP contribution is -2.44. The highest BCUT2D eigenvalue weighted by molar-refractivity contribution is 6.00. The minimum Gasteiger partial charge on any atom is -0.396 e. The molecule has 46 heavy (non-hydrogen) atoms. The van der Waals surface area contributed by atoms with Gasteiger partial charge in [-0.25, -0.2) is 13.6 Å². The second-order valence-electron chi connectivity index (χ2n) is 13.7. The maximum absolute atomic E-state index is 13.3. The number of carbonyl (C=O) groups is 2. The van der Waals surface area contributed by atoms with Gasteiger partial charge in [0.05, 0.1) is 22.8 Å². The number of halogens is 2. The predicted molar refractivity (Wildman–Crippen MR) is 171 cm³/mol. The standard InChI is InChI=1S/C33H46F2N8O3/c1-39(18-22-6-8-24(9-7-22)42-20-25(36)29(38-42)31(34)35)15-12-21-13-16-41(17-14-21)19-23-4-3-5-26-30(23)40(2)33(46)43(26)27-10-11-28(44)37-32(27)45/h3-5,20-22,24,27,31H,6-19,36H2,1-2H3,(H,37,44,45). The summed E-state index contributed by atoms with van der Waals surface area (Å²) in [6.07, 6.45) is 6.91. The molecule has 1 atom stereocenters. The van der Waals surface area contributed by atoms with Crippen LogP contribution >= 0.6 is 0 Å². The van der Waals surface area contributed by atoms with Crippen molar-refractivity contribution >= 4 is 28.5 Å². The summed E-state index contributed by atoms with van der Waals surface area (Å²) in [4.78, 5) is 42.4. The number of anilines is 1. The van der Waals surface area contributed by atoms with Crippen molar-refractivity contribution in [1.29, 1.82) is 0 Å². The van der Waals surface area contributed by atoms with Gasteiger partial charge in [0.1, 0.15) is 6.04 Å². The van der Waals surface area contributed by atoms with Crippen molar-refractivity contribution in [2.45, 2.75) is 82.8 Å². The molecule has 0 bridgehead atoms. The second-order valence-corrected chi connectivity index (χ2v) is 13.7. The summed E-state index contributed by atoms with van der Waals surface area (Å²) in [6, 6.07) is 5.36. The molecule has 2 aromatic heterocycles. The van der Waals surface area contributed by atoms with Crippen molar-refractivity contribution in [3.63, 3.8) is 0 Å². The molecule has 3 aliphatic rings. The van der Waals surface area contributed by atoms with E-state index in [1.165, 1.54) is 6.42 Å². The van der Waals surface area contributed by atoms with Gasteiger partial charge in [-0.2, -0.15) is 5.10 Å². The quantitative estimate of drug-likeness (QED) is 0.321. The zero-order valence-corrected chi connectivity index (χ0v) is 26.8. The summed E-state index contributed by atoms with van der Waals surface area (Å²) >= 11 is 0. The number of aryl methyl sites for hydroxylation is 1. The van der Waals surface area contributed by atoms with E-state index in [9.17, 15) is 23.2 Å². The van der Waals surface area contributed by atoms with Gasteiger partial charge in [0, 0.05) is 32.8 Å². The zero-order chi connectivity index (χ0) is 32.5. The maximum atomic E-state index is 13.3. The number of imidazole rings is 1. The average Bonchev–Trinajstić information content (AvgIpc) is 3.55. The number of nitrogens with zero attached hydrogens (tertiary/aromatic N) is 6. The van der Waals surface area contributed by atoms with Gasteiger partial charge in [-0.15, -0.1) is 0 Å². The number of hydrogen-bond donors (Lipinski definition) is 2. The number of para-hydroxylation sites is 1. The number of alkyl halides is 2. The van der Waals surface area contributed by atoms with E-state index in [0.717, 1.165) is 87.8 Å². The Bertz CT molecular complexity index is 1610. The highest BCUT2D eigenvalue weighted by Crippen LogP contribution is 2.34. The van der Waals surface area contributed by atoms with Gasteiger partial charge in [-0.05, 0) is 102 Å². The number of nitrogen functional groups attached to an aromatic ring is 1. The van der Waals surface area contributed by atoms with Crippen LogP contribution in [0.5, 0.6) is 0 Å². The van der Waals surface area contributed by atoms with Gasteiger partial charge in [-0.3, -0.25) is 33.6 Å². The highest BCUT2D eigenvalue weighted by Gasteiger charge is 2.32. The fourth-order valence-electron chi connectivity index (χ4n) is 7.85. The van der Waals surface area contributed by atoms with Crippen LogP contribution in [0.4, 0.5) is 14.5 Å². The molecule has 13 heteroatoms. The average molecular weight is 641 g/mol. The molecule has 11 nitrogen and oxygen atoms in total. The number of piperidine rings is 2. The lowest BCUT2D eigenvalue weighted by atomic mass is 9.85. The largest absolute Gasteiger partial charge is 0.396 e. The van der Waals surface area contributed by atoms with Crippen LogP contribution in [-0.4, -0.2) is 73.8 Å². The maximum Gasteiger partial charge on any atom is 0.329 e. The van der Waals surface area contributed by atoms with E-state index in [4.69, 9.17) is 5.73 Å². The molecule has 2 aliphatic heterocycles. The Balaban J connectivity index is 0.964. The number of fused-ring (bicyclic) bond motifs is 1. The Hall–Kier alpha value is -3.58. The number of hydrogen-bond acceptors (Lipinski definition) is 7. The Morgan fingerprint density at radius 3 is 2.46 bits per heavy atom. The van der Waals surface area contributed by atoms with Gasteiger partial charge >= 0.3 is 5.69 Å². The molecule has 2 saturated heterocycles. The molecule has 3 aromatic rings. The number of nitrogens with two attached hydrogens (primary N) is 1. The van der Waals surface area contributed by atoms with E-state index < -0.39 is 18.4 Å². The minimum atomic E-state index is -2.64. The van der Waals surface area contributed by atoms with Crippen LogP contribution in [0.2, 0.25) is 0 Å². The number of benzene rings is 1. The smallest absolute Gasteiger partial charge is 0.329 e. The van der Waals surface area contributed by atoms with Crippen molar-refractivity contribution in [2.75, 3.05) is 39.0 Å². The topological polar surface area (TPSA) is 123 Å². The summed E-state index contributed by atoms with van der Waals surface area (Å²) in [5.41, 5.74) is 7.92. The molecule has 2 amide bonds. The monoisotopic (exact) mass is 640 g/mol. The molecular formula is C33H46F2N8O3. The fraction of sp³-hybridized carbons (Fsp3) is 0.636. The molecular weight excluding hydrogens is 594 g/mol. The van der Waals surface area contributed by atoms with Crippen LogP contribution in [0.3, 0.4) is 0 Å². The fourth-order valence-corrected chi connectivity index (χ4v) is 7.85. The molecule has 1 unspecified atom stereocenters. The first-order chi connectivity index (χ1) is 22.1. The van der Waals surface area contributed by atoms with Crippen molar-refractivity contribution in [1.82, 2.24) is 34.0 Å². The molecule has 0 radical (unpaired) electrons. The van der Waals surface area contributed by atoms with Gasteiger partial charge in [0.25, 0.3) is 6.43 Å². The van der Waals surface area contributed by atoms with E-state index in [1.807, 2.05) is 12.1 Å². The Labute approximate surface area is 267 Å². The number of carbonyl (C=O) groups excluding carboxylic acids is 2. The minimum absolute atomic E-state index is 0.0775. The van der Waals surface area contributed by atoms with Gasteiger partial charge in [0.15, 0.2) is 5.69 Å². The van der Waals surface area contributed by atoms with Gasteiger partial charge in [-0.1, -0.05) is 12.1 Å². The number of amides is 2. The third kappa shape index (κ3) is 6.76. The predicted octanol–water partition coefficient (Wildman–Crippen LogP) is 4.00. The van der Waals surface area contributed by atoms with Crippen LogP contribution in [0.1, 0.15) is 87.6 Å². The first-order valence-electron chi connectivity index (χ1n) is 16.6. The lowest BCUT2D eigenvalue weighted by Gasteiger charge is -2.34. The Morgan fingerprint density at radius 2 is 1.78 bits per heavy atom. The van der Waals surface area contributed by atoms with Gasteiger partial charge < -0.3 is 10.6 Å². The number of likely N-dealkylation sites (tertiary alicyclic amines) is 1. The molecule has 0 spiro atoms. The first kappa shape index (κ1) is 32.4. The summed E-state index contributed by atoms with van der Waals surface area (Å²) in [5, 5.41) is 6.44. The number of rotatable bonds is 10. The Morgan fingerprint density at radius 1 is 1.04 bits per heavy atom. The van der Waals surface area contributed by atoms with Crippen LogP contribution in [0, 0.1) is 11.8 Å². The SMILES string of the molecule is CN(CCC1CCN(Cc2cccc3c2n(C)c(=O)n3C2CCC(=O)NC2=O)CC1)CC1CCC(n2cc(N)c(C(F)F)n2)CC1. The third-order valence-electron chi connectivity index (χ3n) is 10.5. The normalized spacial score (nSPS) is 23.6. The van der Waals surface area contributed by atoms with Crippen molar-refractivity contribution < 1.29 is 18.4 Å². The van der Waals surface area contributed by atoms with E-state index in [-0.39, 0.29) is 35.4 Å². The molecule has 6 rings (SSSR count). The highest BCUT2D eigenvalue weighted by atomic mass is 19.3. The molecule has 1 saturated carbocycles. The van der Waals surface area contributed by atoms with E-state index in [1.54, 1.807) is 27.1 Å². The summed E-state index contributed by atoms with van der Waals surface area (Å²) in [5.74, 6) is 0.573. The van der Waals surface area contributed by atoms with E-state index in [0.29, 0.717) is 18.3 Å². The number of nitrogens with one attached hydrogen (secondary N) is 1. The molecule has 1 aromatic carbocycles. The third-order valence-corrected chi connectivity index (χ3v) is 10.5. The Kier molecular flexibility index (Phi) is 9.60. The second kappa shape index (κ2) is 13.6. The van der Waals surface area contributed by atoms with E-state index >= 15 is 0 Å². The van der Waals surface area contributed by atoms with Crippen LogP contribution in [0.15, 0.2) is 29.2 Å². The van der Waals surface area contributed by atoms with Crippen molar-refractivity contribution in [3.05, 3.63) is 46.1 Å². The van der Waals surface area contributed by atoms with Crippen LogP contribution < -0.4 is 16.7 Å². The molecule has 3 fully saturated rings. The summed E-state index contributed by atoms with van der Waals surface area (Å²) < 4.78 is 31.0. The number of aromatic nitrogens is 4. The number of imide groups is 1. The summed E-state index contributed by atoms with van der Waals surface area (Å²) in [7, 11) is 3.96. The van der Waals surface area contributed by atoms with Crippen molar-refractivity contribution in [2.24, 2.45) is 18.9 Å². The van der Waals surface area contributed by atoms with Crippen LogP contribution in [0.25, 0.3) is 11.0 Å². The van der Waals surface area contributed by atoms with Gasteiger partial charge in [0.2, 0.25) is 11.8 Å². The molecule has 3 N–H and O–H groups in total. The summed E-state index contributed by atoms with van der Waals surface area (Å²) in [6.45, 7) is 4.86. The van der Waals surface area contributed by atoms with Crippen LogP contribution in [-0.2, 0) is 23.2 Å². The molecule has 4 heterocycles. The lowest BCUT2D eigenvalue weighted by molar-refractivity contribution is -0.135. The van der Waals surface area contributed by atoms with Crippen molar-refractivity contribution in [3.8, 4) is 0 Å². The zero-order valence-electron chi connectivity index (χ0n) is 26.8. The van der Waals surface area contributed by atoms with E-state index in [2.05, 4.69) is 33.3 Å².